The maximum atomic E-state index is 14.8. The number of esters is 2. The number of rotatable bonds is 8. The minimum Gasteiger partial charge on any atom is -0.426 e. The van der Waals surface area contributed by atoms with Crippen molar-refractivity contribution in [2.75, 3.05) is 6.61 Å². The van der Waals surface area contributed by atoms with E-state index in [-0.39, 0.29) is 17.9 Å². The van der Waals surface area contributed by atoms with Crippen LogP contribution in [0.5, 0.6) is 11.5 Å². The summed E-state index contributed by atoms with van der Waals surface area (Å²) in [7, 11) is 0. The van der Waals surface area contributed by atoms with Gasteiger partial charge in [0.05, 0.1) is 12.0 Å². The molecule has 31 heavy (non-hydrogen) atoms. The molecule has 0 spiro atoms. The van der Waals surface area contributed by atoms with Crippen molar-refractivity contribution in [3.8, 4) is 22.6 Å². The first-order valence-electron chi connectivity index (χ1n) is 10.1. The van der Waals surface area contributed by atoms with Crippen LogP contribution in [-0.4, -0.2) is 18.5 Å². The van der Waals surface area contributed by atoms with Crippen molar-refractivity contribution in [3.63, 3.8) is 0 Å². The zero-order valence-electron chi connectivity index (χ0n) is 18.7. The summed E-state index contributed by atoms with van der Waals surface area (Å²) in [6.45, 7) is 13.1. The van der Waals surface area contributed by atoms with Gasteiger partial charge >= 0.3 is 11.9 Å². The highest BCUT2D eigenvalue weighted by Crippen LogP contribution is 2.31. The Morgan fingerprint density at radius 2 is 1.77 bits per heavy atom. The molecule has 0 aliphatic heterocycles. The Labute approximate surface area is 182 Å². The van der Waals surface area contributed by atoms with Gasteiger partial charge in [-0.05, 0) is 63.9 Å². The van der Waals surface area contributed by atoms with E-state index >= 15 is 0 Å². The van der Waals surface area contributed by atoms with Gasteiger partial charge in [0.25, 0.3) is 0 Å². The topological polar surface area (TPSA) is 61.8 Å². The fraction of sp³-hybridized carbons (Fsp3) is 0.360. The molecule has 0 radical (unpaired) electrons. The van der Waals surface area contributed by atoms with E-state index in [9.17, 15) is 14.0 Å². The van der Waals surface area contributed by atoms with Gasteiger partial charge in [-0.25, -0.2) is 9.18 Å². The maximum absolute atomic E-state index is 14.8. The number of carbonyl (C=O) groups excluding carboxylic acids is 2. The van der Waals surface area contributed by atoms with E-state index in [1.165, 1.54) is 6.07 Å². The minimum atomic E-state index is -0.695. The molecule has 0 fully saturated rings. The number of ether oxygens (including phenoxy) is 3. The van der Waals surface area contributed by atoms with Gasteiger partial charge in [0, 0.05) is 29.4 Å². The van der Waals surface area contributed by atoms with Gasteiger partial charge in [-0.2, -0.15) is 0 Å². The van der Waals surface area contributed by atoms with Crippen LogP contribution >= 0.6 is 0 Å². The van der Waals surface area contributed by atoms with Crippen molar-refractivity contribution in [1.82, 2.24) is 0 Å². The summed E-state index contributed by atoms with van der Waals surface area (Å²) in [6, 6.07) is 9.26. The van der Waals surface area contributed by atoms with Gasteiger partial charge < -0.3 is 14.2 Å². The molecule has 0 aromatic heterocycles. The Balaban J connectivity index is 2.34. The second kappa shape index (κ2) is 10.4. The van der Waals surface area contributed by atoms with Crippen LogP contribution in [0.2, 0.25) is 0 Å². The molecule has 2 rings (SSSR count). The summed E-state index contributed by atoms with van der Waals surface area (Å²) < 4.78 is 31.1. The number of halogens is 1. The number of hydrogen-bond acceptors (Lipinski definition) is 5. The summed E-state index contributed by atoms with van der Waals surface area (Å²) in [4.78, 5) is 24.0. The summed E-state index contributed by atoms with van der Waals surface area (Å²) in [6.07, 6.45) is 0.837. The van der Waals surface area contributed by atoms with E-state index in [2.05, 4.69) is 6.58 Å². The maximum Gasteiger partial charge on any atom is 0.338 e. The first-order chi connectivity index (χ1) is 14.5. The predicted molar refractivity (Wildman–Crippen MR) is 117 cm³/mol. The lowest BCUT2D eigenvalue weighted by atomic mass is 9.97. The molecular formula is C25H29FO5. The third-order valence-electron chi connectivity index (χ3n) is 4.29. The highest BCUT2D eigenvalue weighted by atomic mass is 19.1. The molecule has 0 unspecified atom stereocenters. The minimum absolute atomic E-state index is 0.139. The molecule has 0 bridgehead atoms. The lowest BCUT2D eigenvalue weighted by Gasteiger charge is -2.17. The average molecular weight is 429 g/mol. The molecule has 2 aromatic carbocycles. The zero-order valence-corrected chi connectivity index (χ0v) is 18.7. The molecule has 0 amide bonds. The molecule has 2 aromatic rings. The average Bonchev–Trinajstić information content (AvgIpc) is 2.68. The SMILES string of the molecule is C=C(C)C(=O)Oc1ccc(-c2ccc(OC(=O)C(C)(C)C)cc2F)cc1COCCC. The smallest absolute Gasteiger partial charge is 0.338 e. The molecule has 166 valence electrons. The third-order valence-corrected chi connectivity index (χ3v) is 4.29. The summed E-state index contributed by atoms with van der Waals surface area (Å²) in [5.74, 6) is -1.05. The molecule has 0 N–H and O–H groups in total. The van der Waals surface area contributed by atoms with Crippen LogP contribution < -0.4 is 9.47 Å². The van der Waals surface area contributed by atoms with Crippen molar-refractivity contribution in [2.45, 2.75) is 47.6 Å². The van der Waals surface area contributed by atoms with E-state index in [1.807, 2.05) is 6.92 Å². The van der Waals surface area contributed by atoms with E-state index in [4.69, 9.17) is 14.2 Å². The number of hydrogen-bond donors (Lipinski definition) is 0. The highest BCUT2D eigenvalue weighted by Gasteiger charge is 2.24. The Morgan fingerprint density at radius 3 is 2.35 bits per heavy atom. The van der Waals surface area contributed by atoms with Gasteiger partial charge in [-0.3, -0.25) is 4.79 Å². The molecule has 0 aliphatic carbocycles. The molecular weight excluding hydrogens is 399 g/mol. The molecule has 0 aliphatic rings. The molecule has 0 saturated carbocycles. The molecule has 5 nitrogen and oxygen atoms in total. The zero-order chi connectivity index (χ0) is 23.2. The first kappa shape index (κ1) is 24.3. The normalized spacial score (nSPS) is 11.2. The Hall–Kier alpha value is -2.99. The summed E-state index contributed by atoms with van der Waals surface area (Å²) in [5, 5.41) is 0. The second-order valence-corrected chi connectivity index (χ2v) is 8.33. The van der Waals surface area contributed by atoms with Crippen LogP contribution in [0.1, 0.15) is 46.6 Å². The molecule has 0 atom stereocenters. The van der Waals surface area contributed by atoms with Gasteiger partial charge in [0.2, 0.25) is 0 Å². The largest absolute Gasteiger partial charge is 0.426 e. The lowest BCUT2D eigenvalue weighted by molar-refractivity contribution is -0.143. The van der Waals surface area contributed by atoms with Crippen LogP contribution in [0, 0.1) is 11.2 Å². The van der Waals surface area contributed by atoms with Gasteiger partial charge in [0.15, 0.2) is 0 Å². The van der Waals surface area contributed by atoms with E-state index < -0.39 is 23.2 Å². The van der Waals surface area contributed by atoms with Crippen molar-refractivity contribution in [2.24, 2.45) is 5.41 Å². The standard InChI is InChI=1S/C25H29FO5/c1-7-12-29-15-18-13-17(8-11-22(18)31-23(27)16(2)3)20-10-9-19(14-21(20)26)30-24(28)25(4,5)6/h8-11,13-14H,2,7,12,15H2,1,3-6H3. The quantitative estimate of drug-likeness (QED) is 0.228. The highest BCUT2D eigenvalue weighted by molar-refractivity contribution is 5.89. The van der Waals surface area contributed by atoms with Crippen molar-refractivity contribution < 1.29 is 28.2 Å². The number of carbonyl (C=O) groups is 2. The summed E-state index contributed by atoms with van der Waals surface area (Å²) in [5.41, 5.74) is 1.10. The fourth-order valence-electron chi connectivity index (χ4n) is 2.53. The van der Waals surface area contributed by atoms with E-state index in [0.717, 1.165) is 6.42 Å². The third kappa shape index (κ3) is 6.76. The summed E-state index contributed by atoms with van der Waals surface area (Å²) >= 11 is 0. The monoisotopic (exact) mass is 428 g/mol. The number of benzene rings is 2. The van der Waals surface area contributed by atoms with Crippen LogP contribution in [-0.2, 0) is 20.9 Å². The Kier molecular flexibility index (Phi) is 8.11. The first-order valence-corrected chi connectivity index (χ1v) is 10.1. The Morgan fingerprint density at radius 1 is 1.06 bits per heavy atom. The Bertz CT molecular complexity index is 972. The van der Waals surface area contributed by atoms with E-state index in [0.29, 0.717) is 29.0 Å². The van der Waals surface area contributed by atoms with E-state index in [1.54, 1.807) is 58.0 Å². The van der Waals surface area contributed by atoms with Crippen LogP contribution in [0.3, 0.4) is 0 Å². The van der Waals surface area contributed by atoms with Gasteiger partial charge in [-0.15, -0.1) is 0 Å². The van der Waals surface area contributed by atoms with Gasteiger partial charge in [-0.1, -0.05) is 19.6 Å². The van der Waals surface area contributed by atoms with Crippen LogP contribution in [0.25, 0.3) is 11.1 Å². The predicted octanol–water partition coefficient (Wildman–Crippen LogP) is 5.85. The van der Waals surface area contributed by atoms with Gasteiger partial charge in [0.1, 0.15) is 17.3 Å². The van der Waals surface area contributed by atoms with Crippen molar-refractivity contribution in [3.05, 3.63) is 59.9 Å². The van der Waals surface area contributed by atoms with Crippen molar-refractivity contribution in [1.29, 1.82) is 0 Å². The molecule has 6 heteroatoms. The fourth-order valence-corrected chi connectivity index (χ4v) is 2.53. The second-order valence-electron chi connectivity index (χ2n) is 8.33. The molecule has 0 saturated heterocycles. The van der Waals surface area contributed by atoms with Crippen LogP contribution in [0.15, 0.2) is 48.6 Å². The molecule has 0 heterocycles. The lowest BCUT2D eigenvalue weighted by Crippen LogP contribution is -2.25. The van der Waals surface area contributed by atoms with Crippen LogP contribution in [0.4, 0.5) is 4.39 Å². The van der Waals surface area contributed by atoms with Crippen molar-refractivity contribution >= 4 is 11.9 Å².